The van der Waals surface area contributed by atoms with Crippen LogP contribution in [0.15, 0.2) is 40.4 Å². The lowest BCUT2D eigenvalue weighted by atomic mass is 10.2. The summed E-state index contributed by atoms with van der Waals surface area (Å²) in [5.41, 5.74) is 3.87. The van der Waals surface area contributed by atoms with E-state index in [2.05, 4.69) is 15.5 Å². The highest BCUT2D eigenvalue weighted by Crippen LogP contribution is 2.33. The molecule has 1 saturated heterocycles. The number of rotatable bonds is 2. The van der Waals surface area contributed by atoms with Gasteiger partial charge in [0.1, 0.15) is 0 Å². The van der Waals surface area contributed by atoms with Crippen LogP contribution in [0, 0.1) is 0 Å². The maximum Gasteiger partial charge on any atom is 0.177 e. The van der Waals surface area contributed by atoms with Gasteiger partial charge in [-0.1, -0.05) is 42.1 Å². The van der Waals surface area contributed by atoms with Gasteiger partial charge in [-0.25, -0.2) is 8.42 Å². The van der Waals surface area contributed by atoms with Crippen molar-refractivity contribution in [2.75, 3.05) is 11.5 Å². The summed E-state index contributed by atoms with van der Waals surface area (Å²) in [6, 6.07) is 9.64. The van der Waals surface area contributed by atoms with E-state index in [4.69, 9.17) is 0 Å². The Balaban J connectivity index is 0.00000147. The molecule has 1 N–H and O–H groups in total. The van der Waals surface area contributed by atoms with Gasteiger partial charge < -0.3 is 0 Å². The second-order valence-electron chi connectivity index (χ2n) is 4.52. The first kappa shape index (κ1) is 15.3. The van der Waals surface area contributed by atoms with Crippen LogP contribution in [0.2, 0.25) is 0 Å². The molecule has 0 radical (unpaired) electrons. The van der Waals surface area contributed by atoms with Gasteiger partial charge in [-0.2, -0.15) is 5.10 Å². The second-order valence-corrected chi connectivity index (χ2v) is 7.90. The number of nitrogens with one attached hydrogen (secondary N) is 1. The minimum atomic E-state index is -2.89. The first-order valence-electron chi connectivity index (χ1n) is 5.91. The molecule has 5 nitrogen and oxygen atoms in total. The van der Waals surface area contributed by atoms with Crippen LogP contribution >= 0.6 is 24.2 Å². The fourth-order valence-electron chi connectivity index (χ4n) is 2.11. The largest absolute Gasteiger partial charge is 0.256 e. The van der Waals surface area contributed by atoms with E-state index in [1.807, 2.05) is 30.3 Å². The van der Waals surface area contributed by atoms with Crippen LogP contribution in [0.1, 0.15) is 5.56 Å². The number of nitrogens with zero attached hydrogens (tertiary/aromatic N) is 2. The Morgan fingerprint density at radius 3 is 2.75 bits per heavy atom. The maximum atomic E-state index is 11.4. The average Bonchev–Trinajstić information content (AvgIpc) is 2.83. The number of hydrazone groups is 1. The molecule has 1 fully saturated rings. The number of thioether (sulfide) groups is 1. The van der Waals surface area contributed by atoms with E-state index in [0.29, 0.717) is 5.17 Å². The van der Waals surface area contributed by atoms with Crippen LogP contribution in [0.3, 0.4) is 0 Å². The molecule has 0 aliphatic carbocycles. The van der Waals surface area contributed by atoms with Gasteiger partial charge in [0.05, 0.1) is 23.8 Å². The molecule has 0 aromatic heterocycles. The molecular weight excluding hydrogens is 318 g/mol. The molecule has 2 heterocycles. The standard InChI is InChI=1S/C12H13N3O2S2.ClH/c16-19(17)7-10-11(8-19)18-12(14-10)15-13-6-9-4-2-1-3-5-9;/h1-6,10-11H,7-8H2,(H,14,15);1H/b13-6+;. The Morgan fingerprint density at radius 2 is 2.05 bits per heavy atom. The Labute approximate surface area is 128 Å². The lowest BCUT2D eigenvalue weighted by molar-refractivity contribution is 0.601. The van der Waals surface area contributed by atoms with Crippen LogP contribution < -0.4 is 5.43 Å². The van der Waals surface area contributed by atoms with Crippen molar-refractivity contribution < 1.29 is 8.42 Å². The van der Waals surface area contributed by atoms with E-state index in [9.17, 15) is 8.42 Å². The summed E-state index contributed by atoms with van der Waals surface area (Å²) in [4.78, 5) is 4.35. The minimum absolute atomic E-state index is 0. The van der Waals surface area contributed by atoms with Gasteiger partial charge in [0.15, 0.2) is 15.0 Å². The zero-order valence-electron chi connectivity index (χ0n) is 10.5. The molecule has 2 unspecified atom stereocenters. The van der Waals surface area contributed by atoms with Crippen molar-refractivity contribution in [1.29, 1.82) is 0 Å². The van der Waals surface area contributed by atoms with Gasteiger partial charge in [0.2, 0.25) is 0 Å². The van der Waals surface area contributed by atoms with Crippen LogP contribution in [0.25, 0.3) is 0 Å². The SMILES string of the molecule is Cl.O=S1(=O)CC2N=C(N/N=C/c3ccccc3)SC2C1. The molecule has 2 aliphatic rings. The number of hydrogen-bond acceptors (Lipinski definition) is 6. The van der Waals surface area contributed by atoms with Crippen molar-refractivity contribution in [2.45, 2.75) is 11.3 Å². The van der Waals surface area contributed by atoms with Gasteiger partial charge in [-0.15, -0.1) is 12.4 Å². The highest BCUT2D eigenvalue weighted by atomic mass is 35.5. The number of amidine groups is 1. The molecule has 8 heteroatoms. The van der Waals surface area contributed by atoms with Crippen LogP contribution in [-0.4, -0.2) is 42.6 Å². The lowest BCUT2D eigenvalue weighted by Crippen LogP contribution is -2.15. The van der Waals surface area contributed by atoms with Crippen LogP contribution in [-0.2, 0) is 9.84 Å². The summed E-state index contributed by atoms with van der Waals surface area (Å²) in [5.74, 6) is 0.387. The molecule has 0 amide bonds. The zero-order valence-corrected chi connectivity index (χ0v) is 12.9. The van der Waals surface area contributed by atoms with Crippen molar-refractivity contribution in [3.63, 3.8) is 0 Å². The van der Waals surface area contributed by atoms with Gasteiger partial charge in [-0.05, 0) is 5.56 Å². The Morgan fingerprint density at radius 1 is 1.30 bits per heavy atom. The maximum absolute atomic E-state index is 11.4. The first-order valence-corrected chi connectivity index (χ1v) is 8.61. The zero-order chi connectivity index (χ0) is 13.3. The van der Waals surface area contributed by atoms with E-state index in [1.54, 1.807) is 6.21 Å². The summed E-state index contributed by atoms with van der Waals surface area (Å²) in [6.07, 6.45) is 1.72. The normalized spacial score (nSPS) is 26.9. The average molecular weight is 332 g/mol. The third kappa shape index (κ3) is 3.53. The molecule has 20 heavy (non-hydrogen) atoms. The van der Waals surface area contributed by atoms with E-state index in [-0.39, 0.29) is 35.2 Å². The monoisotopic (exact) mass is 331 g/mol. The van der Waals surface area contributed by atoms with E-state index < -0.39 is 9.84 Å². The lowest BCUT2D eigenvalue weighted by Gasteiger charge is -2.01. The number of fused-ring (bicyclic) bond motifs is 1. The quantitative estimate of drug-likeness (QED) is 0.655. The summed E-state index contributed by atoms with van der Waals surface area (Å²) >= 11 is 1.46. The summed E-state index contributed by atoms with van der Waals surface area (Å²) < 4.78 is 22.8. The molecule has 2 atom stereocenters. The minimum Gasteiger partial charge on any atom is -0.256 e. The van der Waals surface area contributed by atoms with E-state index >= 15 is 0 Å². The fraction of sp³-hybridized carbons (Fsp3) is 0.333. The predicted octanol–water partition coefficient (Wildman–Crippen LogP) is 1.30. The fourth-order valence-corrected chi connectivity index (χ4v) is 5.72. The van der Waals surface area contributed by atoms with Crippen LogP contribution in [0.4, 0.5) is 0 Å². The van der Waals surface area contributed by atoms with Gasteiger partial charge in [0, 0.05) is 5.25 Å². The molecule has 1 aromatic rings. The third-order valence-corrected chi connectivity index (χ3v) is 6.12. The Hall–Kier alpha value is -1.05. The van der Waals surface area contributed by atoms with E-state index in [1.165, 1.54) is 11.8 Å². The van der Waals surface area contributed by atoms with Crippen molar-refractivity contribution >= 4 is 45.4 Å². The number of sulfone groups is 1. The highest BCUT2D eigenvalue weighted by molar-refractivity contribution is 8.15. The van der Waals surface area contributed by atoms with Crippen molar-refractivity contribution in [2.24, 2.45) is 10.1 Å². The molecule has 1 aromatic carbocycles. The van der Waals surface area contributed by atoms with Crippen molar-refractivity contribution in [3.05, 3.63) is 35.9 Å². The van der Waals surface area contributed by atoms with Crippen LogP contribution in [0.5, 0.6) is 0 Å². The Kier molecular flexibility index (Phi) is 4.72. The molecular formula is C12H14ClN3O2S2. The number of benzene rings is 1. The smallest absolute Gasteiger partial charge is 0.177 e. The highest BCUT2D eigenvalue weighted by Gasteiger charge is 2.42. The van der Waals surface area contributed by atoms with Crippen molar-refractivity contribution in [3.8, 4) is 0 Å². The number of halogens is 1. The van der Waals surface area contributed by atoms with Crippen molar-refractivity contribution in [1.82, 2.24) is 5.43 Å². The molecule has 2 aliphatic heterocycles. The molecule has 0 saturated carbocycles. The topological polar surface area (TPSA) is 70.9 Å². The summed E-state index contributed by atoms with van der Waals surface area (Å²) in [6.45, 7) is 0. The van der Waals surface area contributed by atoms with E-state index in [0.717, 1.165) is 5.56 Å². The molecule has 3 rings (SSSR count). The van der Waals surface area contributed by atoms with Gasteiger partial charge in [0.25, 0.3) is 0 Å². The second kappa shape index (κ2) is 6.15. The molecule has 108 valence electrons. The summed E-state index contributed by atoms with van der Waals surface area (Å²) in [7, 11) is -2.89. The Bertz CT molecular complexity index is 631. The summed E-state index contributed by atoms with van der Waals surface area (Å²) in [5, 5.41) is 4.87. The molecule has 0 bridgehead atoms. The van der Waals surface area contributed by atoms with Gasteiger partial charge in [-0.3, -0.25) is 10.4 Å². The first-order chi connectivity index (χ1) is 9.12. The molecule has 0 spiro atoms. The van der Waals surface area contributed by atoms with Gasteiger partial charge >= 0.3 is 0 Å². The predicted molar refractivity (Wildman–Crippen MR) is 85.7 cm³/mol. The number of aliphatic imine (C=N–C) groups is 1. The number of hydrogen-bond donors (Lipinski definition) is 1. The third-order valence-electron chi connectivity index (χ3n) is 2.99.